The summed E-state index contributed by atoms with van der Waals surface area (Å²) in [6.07, 6.45) is 0.189. The number of carbonyl (C=O) groups is 2. The van der Waals surface area contributed by atoms with E-state index >= 15 is 0 Å². The maximum absolute atomic E-state index is 13.1. The van der Waals surface area contributed by atoms with Crippen LogP contribution in [0.2, 0.25) is 0 Å². The zero-order valence-corrected chi connectivity index (χ0v) is 21.9. The second-order valence-corrected chi connectivity index (χ2v) is 8.84. The number of ether oxygens (including phenoxy) is 2. The standard InChI is InChI=1S/C30H36N2O4/c1-6-32(30(34)31-19-24-10-8-9-21(3)15-24)20-25-16-22(4)11-13-26(25)27-17-23(12-14-28(27)35-5)18-29(33)36-7-2/h8-17H,6-7,18-20H2,1-5H3,(H,31,34). The average molecular weight is 489 g/mol. The minimum absolute atomic E-state index is 0.116. The Hall–Kier alpha value is -3.80. The van der Waals surface area contributed by atoms with Crippen molar-refractivity contribution in [1.29, 1.82) is 0 Å². The van der Waals surface area contributed by atoms with Crippen LogP contribution in [0, 0.1) is 13.8 Å². The second kappa shape index (κ2) is 12.8. The first-order valence-electron chi connectivity index (χ1n) is 12.3. The largest absolute Gasteiger partial charge is 0.496 e. The predicted octanol–water partition coefficient (Wildman–Crippen LogP) is 5.82. The third-order valence-corrected chi connectivity index (χ3v) is 6.02. The molecule has 36 heavy (non-hydrogen) atoms. The summed E-state index contributed by atoms with van der Waals surface area (Å²) in [5, 5.41) is 3.05. The highest BCUT2D eigenvalue weighted by Crippen LogP contribution is 2.34. The van der Waals surface area contributed by atoms with Gasteiger partial charge in [-0.3, -0.25) is 4.79 Å². The molecule has 2 amide bonds. The number of hydrogen-bond acceptors (Lipinski definition) is 4. The predicted molar refractivity (Wildman–Crippen MR) is 143 cm³/mol. The Morgan fingerprint density at radius 1 is 0.889 bits per heavy atom. The first-order valence-corrected chi connectivity index (χ1v) is 12.3. The van der Waals surface area contributed by atoms with Gasteiger partial charge in [-0.2, -0.15) is 0 Å². The Balaban J connectivity index is 1.87. The van der Waals surface area contributed by atoms with E-state index in [-0.39, 0.29) is 18.4 Å². The fraction of sp³-hybridized carbons (Fsp3) is 0.333. The quantitative estimate of drug-likeness (QED) is 0.365. The molecule has 0 spiro atoms. The topological polar surface area (TPSA) is 67.9 Å². The molecule has 6 nitrogen and oxygen atoms in total. The second-order valence-electron chi connectivity index (χ2n) is 8.84. The molecule has 0 radical (unpaired) electrons. The zero-order valence-electron chi connectivity index (χ0n) is 21.9. The van der Waals surface area contributed by atoms with E-state index in [1.807, 2.05) is 63.2 Å². The lowest BCUT2D eigenvalue weighted by molar-refractivity contribution is -0.142. The van der Waals surface area contributed by atoms with Crippen molar-refractivity contribution < 1.29 is 19.1 Å². The highest BCUT2D eigenvalue weighted by atomic mass is 16.5. The number of carbonyl (C=O) groups excluding carboxylic acids is 2. The Bertz CT molecular complexity index is 1210. The molecule has 0 heterocycles. The Kier molecular flexibility index (Phi) is 9.51. The molecule has 0 aliphatic carbocycles. The summed E-state index contributed by atoms with van der Waals surface area (Å²) < 4.78 is 10.8. The molecular weight excluding hydrogens is 452 g/mol. The molecule has 0 saturated carbocycles. The van der Waals surface area contributed by atoms with E-state index in [1.54, 1.807) is 18.9 Å². The molecule has 0 fully saturated rings. The van der Waals surface area contributed by atoms with Crippen LogP contribution in [0.25, 0.3) is 11.1 Å². The van der Waals surface area contributed by atoms with Crippen molar-refractivity contribution in [3.8, 4) is 16.9 Å². The van der Waals surface area contributed by atoms with Crippen LogP contribution in [0.1, 0.15) is 41.7 Å². The molecule has 3 aromatic rings. The first kappa shape index (κ1) is 26.8. The van der Waals surface area contributed by atoms with E-state index in [0.29, 0.717) is 32.0 Å². The van der Waals surface area contributed by atoms with Crippen LogP contribution in [0.15, 0.2) is 60.7 Å². The molecular formula is C30H36N2O4. The van der Waals surface area contributed by atoms with Crippen molar-refractivity contribution in [2.24, 2.45) is 0 Å². The van der Waals surface area contributed by atoms with Gasteiger partial charge in [-0.25, -0.2) is 4.79 Å². The Labute approximate surface area is 214 Å². The van der Waals surface area contributed by atoms with Crippen LogP contribution in [0.5, 0.6) is 5.75 Å². The van der Waals surface area contributed by atoms with Crippen LogP contribution in [-0.4, -0.2) is 37.2 Å². The number of esters is 1. The maximum Gasteiger partial charge on any atom is 0.317 e. The molecule has 0 aliphatic rings. The van der Waals surface area contributed by atoms with Crippen molar-refractivity contribution >= 4 is 12.0 Å². The molecule has 0 aromatic heterocycles. The van der Waals surface area contributed by atoms with E-state index < -0.39 is 0 Å². The van der Waals surface area contributed by atoms with Gasteiger partial charge >= 0.3 is 12.0 Å². The van der Waals surface area contributed by atoms with E-state index in [0.717, 1.165) is 38.9 Å². The molecule has 1 N–H and O–H groups in total. The first-order chi connectivity index (χ1) is 17.3. The van der Waals surface area contributed by atoms with Crippen LogP contribution < -0.4 is 10.1 Å². The van der Waals surface area contributed by atoms with Crippen LogP contribution in [-0.2, 0) is 29.0 Å². The summed E-state index contributed by atoms with van der Waals surface area (Å²) in [5.74, 6) is 0.444. The Morgan fingerprint density at radius 2 is 1.67 bits per heavy atom. The minimum atomic E-state index is -0.264. The van der Waals surface area contributed by atoms with Gasteiger partial charge in [0.15, 0.2) is 0 Å². The van der Waals surface area contributed by atoms with E-state index in [4.69, 9.17) is 9.47 Å². The lowest BCUT2D eigenvalue weighted by Crippen LogP contribution is -2.39. The van der Waals surface area contributed by atoms with Crippen molar-refractivity contribution in [3.05, 3.63) is 88.5 Å². The summed E-state index contributed by atoms with van der Waals surface area (Å²) in [5.41, 5.74) is 7.04. The van der Waals surface area contributed by atoms with E-state index in [9.17, 15) is 9.59 Å². The number of amides is 2. The third kappa shape index (κ3) is 7.11. The molecule has 0 bridgehead atoms. The van der Waals surface area contributed by atoms with Gasteiger partial charge in [-0.05, 0) is 62.1 Å². The summed E-state index contributed by atoms with van der Waals surface area (Å²) in [4.78, 5) is 26.9. The van der Waals surface area contributed by atoms with Gasteiger partial charge in [0.25, 0.3) is 0 Å². The van der Waals surface area contributed by atoms with Crippen molar-refractivity contribution in [3.63, 3.8) is 0 Å². The van der Waals surface area contributed by atoms with E-state index in [2.05, 4.69) is 23.5 Å². The summed E-state index contributed by atoms with van der Waals surface area (Å²) in [7, 11) is 1.63. The highest BCUT2D eigenvalue weighted by molar-refractivity contribution is 5.79. The van der Waals surface area contributed by atoms with Crippen LogP contribution in [0.3, 0.4) is 0 Å². The molecule has 0 aliphatic heterocycles. The molecule has 0 atom stereocenters. The SMILES string of the molecule is CCOC(=O)Cc1ccc(OC)c(-c2ccc(C)cc2CN(CC)C(=O)NCc2cccc(C)c2)c1. The van der Waals surface area contributed by atoms with Crippen molar-refractivity contribution in [2.75, 3.05) is 20.3 Å². The third-order valence-electron chi connectivity index (χ3n) is 6.02. The Morgan fingerprint density at radius 3 is 2.36 bits per heavy atom. The summed E-state index contributed by atoms with van der Waals surface area (Å²) >= 11 is 0. The normalized spacial score (nSPS) is 10.6. The molecule has 190 valence electrons. The van der Waals surface area contributed by atoms with Gasteiger partial charge in [0, 0.05) is 25.2 Å². The number of nitrogens with one attached hydrogen (secondary N) is 1. The number of rotatable bonds is 10. The smallest absolute Gasteiger partial charge is 0.317 e. The number of hydrogen-bond donors (Lipinski definition) is 1. The highest BCUT2D eigenvalue weighted by Gasteiger charge is 2.18. The minimum Gasteiger partial charge on any atom is -0.496 e. The van der Waals surface area contributed by atoms with Crippen LogP contribution in [0.4, 0.5) is 4.79 Å². The molecule has 0 unspecified atom stereocenters. The van der Waals surface area contributed by atoms with Crippen molar-refractivity contribution in [2.45, 2.75) is 47.2 Å². The summed E-state index contributed by atoms with van der Waals surface area (Å²) in [6, 6.07) is 19.9. The lowest BCUT2D eigenvalue weighted by atomic mass is 9.94. The number of aryl methyl sites for hydroxylation is 2. The van der Waals surface area contributed by atoms with Crippen molar-refractivity contribution in [1.82, 2.24) is 10.2 Å². The van der Waals surface area contributed by atoms with Gasteiger partial charge < -0.3 is 19.7 Å². The average Bonchev–Trinajstić information content (AvgIpc) is 2.86. The molecule has 6 heteroatoms. The summed E-state index contributed by atoms with van der Waals surface area (Å²) in [6.45, 7) is 9.68. The van der Waals surface area contributed by atoms with Gasteiger partial charge in [0.1, 0.15) is 5.75 Å². The number of nitrogens with zero attached hydrogens (tertiary/aromatic N) is 1. The zero-order chi connectivity index (χ0) is 26.1. The maximum atomic E-state index is 13.1. The number of methoxy groups -OCH3 is 1. The molecule has 3 rings (SSSR count). The van der Waals surface area contributed by atoms with Gasteiger partial charge in [-0.1, -0.05) is 59.7 Å². The van der Waals surface area contributed by atoms with Gasteiger partial charge in [0.2, 0.25) is 0 Å². The number of benzene rings is 3. The van der Waals surface area contributed by atoms with Crippen LogP contribution >= 0.6 is 0 Å². The lowest BCUT2D eigenvalue weighted by Gasteiger charge is -2.24. The van der Waals surface area contributed by atoms with Gasteiger partial charge in [0.05, 0.1) is 20.1 Å². The van der Waals surface area contributed by atoms with Gasteiger partial charge in [-0.15, -0.1) is 0 Å². The molecule has 0 saturated heterocycles. The fourth-order valence-corrected chi connectivity index (χ4v) is 4.21. The fourth-order valence-electron chi connectivity index (χ4n) is 4.21. The monoisotopic (exact) mass is 488 g/mol. The van der Waals surface area contributed by atoms with E-state index in [1.165, 1.54) is 0 Å². The molecule has 3 aromatic carbocycles. The number of urea groups is 1.